The van der Waals surface area contributed by atoms with E-state index in [2.05, 4.69) is 0 Å². The maximum Gasteiger partial charge on any atom is 0.240 e. The second-order valence-corrected chi connectivity index (χ2v) is 11.3. The van der Waals surface area contributed by atoms with E-state index in [4.69, 9.17) is 11.5 Å². The molecule has 1 aromatic carbocycles. The molecule has 10 heteroatoms. The number of Topliss-reactive ketones (excluding diaryl/α,β-unsaturated/α-hetero) is 2. The Balaban J connectivity index is 3.96. The molecule has 0 radical (unpaired) electrons. The Kier molecular flexibility index (Phi) is 12.5. The lowest BCUT2D eigenvalue weighted by molar-refractivity contribution is -0.151. The van der Waals surface area contributed by atoms with Crippen molar-refractivity contribution in [1.29, 1.82) is 0 Å². The van der Waals surface area contributed by atoms with Gasteiger partial charge in [0.15, 0.2) is 23.4 Å². The highest BCUT2D eigenvalue weighted by molar-refractivity contribution is 14.1. The second-order valence-electron chi connectivity index (χ2n) is 10.1. The summed E-state index contributed by atoms with van der Waals surface area (Å²) >= 11 is 1.87. The average Bonchev–Trinajstić information content (AvgIpc) is 2.81. The second kappa shape index (κ2) is 14.1. The van der Waals surface area contributed by atoms with E-state index in [1.54, 1.807) is 19.9 Å². The lowest BCUT2D eigenvalue weighted by atomic mass is 9.70. The fourth-order valence-electron chi connectivity index (χ4n) is 4.59. The van der Waals surface area contributed by atoms with E-state index in [0.717, 1.165) is 4.90 Å². The van der Waals surface area contributed by atoms with Crippen molar-refractivity contribution in [3.8, 4) is 5.75 Å². The van der Waals surface area contributed by atoms with Gasteiger partial charge in [0.2, 0.25) is 5.91 Å². The van der Waals surface area contributed by atoms with Crippen molar-refractivity contribution in [1.82, 2.24) is 4.90 Å². The molecule has 38 heavy (non-hydrogen) atoms. The van der Waals surface area contributed by atoms with Gasteiger partial charge in [0.05, 0.1) is 27.7 Å². The van der Waals surface area contributed by atoms with Crippen molar-refractivity contribution in [2.45, 2.75) is 77.6 Å². The van der Waals surface area contributed by atoms with Crippen LogP contribution in [0.25, 0.3) is 0 Å². The highest BCUT2D eigenvalue weighted by Crippen LogP contribution is 2.38. The van der Waals surface area contributed by atoms with E-state index in [1.165, 1.54) is 46.0 Å². The average molecular weight is 642 g/mol. The number of rotatable bonds is 13. The molecular weight excluding hydrogens is 601 g/mol. The van der Waals surface area contributed by atoms with Crippen molar-refractivity contribution < 1.29 is 29.4 Å². The number of aliphatic hydroxyl groups is 1. The number of ketones is 2. The zero-order valence-corrected chi connectivity index (χ0v) is 25.2. The molecule has 0 spiro atoms. The first-order valence-electron chi connectivity index (χ1n) is 12.4. The van der Waals surface area contributed by atoms with Gasteiger partial charge in [-0.1, -0.05) is 30.7 Å². The molecule has 0 saturated carbocycles. The minimum Gasteiger partial charge on any atom is -0.507 e. The monoisotopic (exact) mass is 641 g/mol. The fourth-order valence-corrected chi connectivity index (χ4v) is 5.13. The largest absolute Gasteiger partial charge is 0.507 e. The van der Waals surface area contributed by atoms with Crippen LogP contribution in [0.1, 0.15) is 59.4 Å². The number of likely N-dealkylation sites (N-methyl/N-ethyl adjacent to an activating group) is 1. The highest BCUT2D eigenvalue weighted by atomic mass is 127. The third-order valence-electron chi connectivity index (χ3n) is 6.36. The molecule has 210 valence electrons. The van der Waals surface area contributed by atoms with Crippen LogP contribution in [0.15, 0.2) is 41.5 Å². The van der Waals surface area contributed by atoms with Crippen LogP contribution in [0.5, 0.6) is 5.75 Å². The quantitative estimate of drug-likeness (QED) is 0.0840. The lowest BCUT2D eigenvalue weighted by Crippen LogP contribution is -2.65. The predicted octanol–water partition coefficient (Wildman–Crippen LogP) is 2.61. The third kappa shape index (κ3) is 7.81. The van der Waals surface area contributed by atoms with Crippen molar-refractivity contribution in [3.05, 3.63) is 50.6 Å². The molecule has 6 N–H and O–H groups in total. The van der Waals surface area contributed by atoms with Crippen molar-refractivity contribution in [2.75, 3.05) is 7.05 Å². The van der Waals surface area contributed by atoms with Crippen LogP contribution in [0.3, 0.4) is 0 Å². The van der Waals surface area contributed by atoms with Crippen LogP contribution in [-0.4, -0.2) is 69.6 Å². The SMILES string of the molecule is CC(=C[C@H](C)C[C@H](C)O)C=C(C)C(=O)[C@](C=O)([C@H](C(=O)[C@H](C)N)c1ccc(O)c(I)c1)N(C)C(=O)[C@H](C)N. The minimum atomic E-state index is -2.30. The van der Waals surface area contributed by atoms with E-state index in [1.807, 2.05) is 35.6 Å². The Bertz CT molecular complexity index is 1110. The Morgan fingerprint density at radius 1 is 1.11 bits per heavy atom. The zero-order chi connectivity index (χ0) is 29.5. The molecule has 0 aliphatic heterocycles. The molecule has 0 unspecified atom stereocenters. The summed E-state index contributed by atoms with van der Waals surface area (Å²) in [5, 5.41) is 19.7. The van der Waals surface area contributed by atoms with E-state index in [-0.39, 0.29) is 22.8 Å². The normalized spacial score (nSPS) is 18.0. The molecule has 0 bridgehead atoms. The summed E-state index contributed by atoms with van der Waals surface area (Å²) in [7, 11) is 1.27. The first-order valence-corrected chi connectivity index (χ1v) is 13.5. The molecule has 0 heterocycles. The van der Waals surface area contributed by atoms with Crippen molar-refractivity contribution in [2.24, 2.45) is 17.4 Å². The van der Waals surface area contributed by atoms with Gasteiger partial charge in [-0.25, -0.2) is 0 Å². The number of aliphatic hydroxyl groups excluding tert-OH is 1. The number of hydrogen-bond donors (Lipinski definition) is 4. The summed E-state index contributed by atoms with van der Waals surface area (Å²) in [4.78, 5) is 55.0. The van der Waals surface area contributed by atoms with Crippen LogP contribution < -0.4 is 11.5 Å². The first-order chi connectivity index (χ1) is 17.5. The number of aromatic hydroxyl groups is 1. The molecule has 0 aromatic heterocycles. The van der Waals surface area contributed by atoms with Crippen LogP contribution in [0, 0.1) is 9.49 Å². The number of phenols is 1. The number of nitrogens with zero attached hydrogens (tertiary/aromatic N) is 1. The molecule has 0 aliphatic carbocycles. The number of hydrogen-bond acceptors (Lipinski definition) is 8. The Hall–Kier alpha value is -2.41. The van der Waals surface area contributed by atoms with Gasteiger partial charge in [-0.05, 0) is 92.8 Å². The number of benzene rings is 1. The van der Waals surface area contributed by atoms with Gasteiger partial charge < -0.3 is 31.4 Å². The molecule has 9 nitrogen and oxygen atoms in total. The maximum atomic E-state index is 14.2. The number of phenolic OH excluding ortho intramolecular Hbond substituents is 1. The highest BCUT2D eigenvalue weighted by Gasteiger charge is 2.55. The van der Waals surface area contributed by atoms with Crippen molar-refractivity contribution in [3.63, 3.8) is 0 Å². The Morgan fingerprint density at radius 2 is 1.68 bits per heavy atom. The number of allylic oxidation sites excluding steroid dienone is 3. The minimum absolute atomic E-state index is 0.0128. The molecule has 0 aliphatic rings. The van der Waals surface area contributed by atoms with Crippen LogP contribution >= 0.6 is 22.6 Å². The van der Waals surface area contributed by atoms with Gasteiger partial charge in [-0.3, -0.25) is 14.4 Å². The summed E-state index contributed by atoms with van der Waals surface area (Å²) in [6, 6.07) is 2.12. The van der Waals surface area contributed by atoms with Gasteiger partial charge in [0.1, 0.15) is 5.75 Å². The molecule has 0 saturated heterocycles. The topological polar surface area (TPSA) is 164 Å². The Labute approximate surface area is 238 Å². The van der Waals surface area contributed by atoms with Crippen LogP contribution in [-0.2, 0) is 19.2 Å². The lowest BCUT2D eigenvalue weighted by Gasteiger charge is -2.43. The standard InChI is InChI=1S/C28H40IN3O6/c1-15(10-16(2)12-18(4)34)11-17(3)26(37)28(14-33,32(7)27(38)20(6)31)24(25(36)19(5)30)21-8-9-23(35)22(29)13-21/h8-11,13-14,16,18-20,24,34-35H,12,30-31H2,1-7H3/t16-,18-,19-,20-,24-,28-/m0/s1. The van der Waals surface area contributed by atoms with Crippen LogP contribution in [0.2, 0.25) is 0 Å². The Morgan fingerprint density at radius 3 is 2.13 bits per heavy atom. The maximum absolute atomic E-state index is 14.2. The molecule has 6 atom stereocenters. The third-order valence-corrected chi connectivity index (χ3v) is 7.22. The van der Waals surface area contributed by atoms with E-state index < -0.39 is 47.1 Å². The number of aldehydes is 1. The van der Waals surface area contributed by atoms with Gasteiger partial charge in [0, 0.05) is 7.05 Å². The zero-order valence-electron chi connectivity index (χ0n) is 23.1. The molecule has 1 aromatic rings. The summed E-state index contributed by atoms with van der Waals surface area (Å²) in [5.74, 6) is -3.63. The smallest absolute Gasteiger partial charge is 0.240 e. The molecule has 0 fully saturated rings. The molecule has 1 rings (SSSR count). The number of carbonyl (C=O) groups is 4. The van der Waals surface area contributed by atoms with Gasteiger partial charge in [0.25, 0.3) is 0 Å². The fraction of sp³-hybridized carbons (Fsp3) is 0.500. The number of halogens is 1. The van der Waals surface area contributed by atoms with Gasteiger partial charge in [-0.2, -0.15) is 0 Å². The van der Waals surface area contributed by atoms with E-state index in [0.29, 0.717) is 21.9 Å². The first kappa shape index (κ1) is 33.6. The predicted molar refractivity (Wildman–Crippen MR) is 155 cm³/mol. The van der Waals surface area contributed by atoms with Crippen molar-refractivity contribution >= 4 is 46.4 Å². The molecule has 1 amide bonds. The number of nitrogens with two attached hydrogens (primary N) is 2. The summed E-state index contributed by atoms with van der Waals surface area (Å²) < 4.78 is 0.383. The number of carbonyl (C=O) groups excluding carboxylic acids is 4. The van der Waals surface area contributed by atoms with Crippen LogP contribution in [0.4, 0.5) is 0 Å². The molecular formula is C28H40IN3O6. The number of amides is 1. The summed E-state index contributed by atoms with van der Waals surface area (Å²) in [6.45, 7) is 9.76. The van der Waals surface area contributed by atoms with Gasteiger partial charge >= 0.3 is 0 Å². The van der Waals surface area contributed by atoms with E-state index >= 15 is 0 Å². The van der Waals surface area contributed by atoms with Gasteiger partial charge in [-0.15, -0.1) is 0 Å². The summed E-state index contributed by atoms with van der Waals surface area (Å²) in [5.41, 5.74) is 10.6. The van der Waals surface area contributed by atoms with E-state index in [9.17, 15) is 29.4 Å². The summed E-state index contributed by atoms with van der Waals surface area (Å²) in [6.07, 6.45) is 3.80.